The number of carbonyl (C=O) groups is 1. The highest BCUT2D eigenvalue weighted by molar-refractivity contribution is 5.87. The highest BCUT2D eigenvalue weighted by atomic mass is 16.4. The molecule has 1 fully saturated rings. The Morgan fingerprint density at radius 3 is 2.88 bits per heavy atom. The number of carboxylic acids is 1. The Kier molecular flexibility index (Phi) is 5.26. The maximum atomic E-state index is 11.1. The first-order chi connectivity index (χ1) is 11.6. The van der Waals surface area contributed by atoms with Crippen LogP contribution in [0.15, 0.2) is 42.6 Å². The highest BCUT2D eigenvalue weighted by Gasteiger charge is 2.23. The lowest BCUT2D eigenvalue weighted by Crippen LogP contribution is -2.21. The average molecular weight is 324 g/mol. The second-order valence-electron chi connectivity index (χ2n) is 6.61. The molecule has 0 bridgehead atoms. The van der Waals surface area contributed by atoms with Crippen LogP contribution in [0.1, 0.15) is 40.5 Å². The maximum absolute atomic E-state index is 11.1. The normalized spacial score (nSPS) is 18.0. The van der Waals surface area contributed by atoms with Gasteiger partial charge in [-0.05, 0) is 61.1 Å². The molecule has 0 spiro atoms. The monoisotopic (exact) mass is 324 g/mol. The number of hydrogen-bond acceptors (Lipinski definition) is 3. The van der Waals surface area contributed by atoms with Crippen LogP contribution in [-0.4, -0.2) is 34.0 Å². The first-order valence-corrected chi connectivity index (χ1v) is 8.62. The number of carboxylic acid groups (broad SMARTS) is 1. The van der Waals surface area contributed by atoms with Crippen LogP contribution < -0.4 is 0 Å². The number of aromatic nitrogens is 1. The van der Waals surface area contributed by atoms with Crippen LogP contribution in [-0.2, 0) is 19.4 Å². The van der Waals surface area contributed by atoms with Crippen molar-refractivity contribution in [3.8, 4) is 0 Å². The minimum atomic E-state index is -0.855. The quantitative estimate of drug-likeness (QED) is 0.885. The molecule has 1 aliphatic heterocycles. The molecule has 2 aromatic rings. The second-order valence-corrected chi connectivity index (χ2v) is 6.61. The summed E-state index contributed by atoms with van der Waals surface area (Å²) in [5.41, 5.74) is 3.90. The molecule has 1 aliphatic rings. The van der Waals surface area contributed by atoms with E-state index in [1.54, 1.807) is 12.1 Å². The van der Waals surface area contributed by atoms with Gasteiger partial charge >= 0.3 is 5.97 Å². The molecule has 24 heavy (non-hydrogen) atoms. The lowest BCUT2D eigenvalue weighted by Gasteiger charge is -2.16. The predicted octanol–water partition coefficient (Wildman–Crippen LogP) is 3.41. The van der Waals surface area contributed by atoms with Gasteiger partial charge in [0.25, 0.3) is 0 Å². The molecule has 0 radical (unpaired) electrons. The van der Waals surface area contributed by atoms with E-state index in [0.29, 0.717) is 11.5 Å². The number of nitrogens with zero attached hydrogens (tertiary/aromatic N) is 2. The number of rotatable bonds is 6. The van der Waals surface area contributed by atoms with Gasteiger partial charge in [0.1, 0.15) is 0 Å². The lowest BCUT2D eigenvalue weighted by molar-refractivity contribution is 0.0696. The van der Waals surface area contributed by atoms with Crippen molar-refractivity contribution in [1.29, 1.82) is 0 Å². The van der Waals surface area contributed by atoms with Crippen LogP contribution in [0, 0.1) is 5.92 Å². The van der Waals surface area contributed by atoms with Crippen molar-refractivity contribution < 1.29 is 9.90 Å². The van der Waals surface area contributed by atoms with Gasteiger partial charge in [0.2, 0.25) is 0 Å². The van der Waals surface area contributed by atoms with Crippen molar-refractivity contribution in [2.45, 2.75) is 32.7 Å². The van der Waals surface area contributed by atoms with Gasteiger partial charge in [-0.15, -0.1) is 0 Å². The molecule has 1 atom stereocenters. The third kappa shape index (κ3) is 4.20. The molecule has 0 amide bonds. The van der Waals surface area contributed by atoms with Crippen LogP contribution in [0.5, 0.6) is 0 Å². The summed E-state index contributed by atoms with van der Waals surface area (Å²) < 4.78 is 0. The molecule has 0 aliphatic carbocycles. The Balaban J connectivity index is 1.55. The number of likely N-dealkylation sites (tertiary alicyclic amines) is 1. The number of pyridine rings is 1. The summed E-state index contributed by atoms with van der Waals surface area (Å²) in [6.45, 7) is 5.17. The third-order valence-corrected chi connectivity index (χ3v) is 4.75. The summed E-state index contributed by atoms with van der Waals surface area (Å²) in [5.74, 6) is -0.268. The van der Waals surface area contributed by atoms with Crippen LogP contribution in [0.2, 0.25) is 0 Å². The fraction of sp³-hybridized carbons (Fsp3) is 0.400. The summed E-state index contributed by atoms with van der Waals surface area (Å²) in [6, 6.07) is 11.6. The molecule has 2 heterocycles. The SMILES string of the molecule is CCc1ccc(CN2CC[C@H](Cc3cccc(C(=O)O)c3)C2)nc1. The van der Waals surface area contributed by atoms with E-state index in [-0.39, 0.29) is 0 Å². The molecule has 0 unspecified atom stereocenters. The van der Waals surface area contributed by atoms with Crippen molar-refractivity contribution in [2.75, 3.05) is 13.1 Å². The minimum Gasteiger partial charge on any atom is -0.478 e. The van der Waals surface area contributed by atoms with Crippen molar-refractivity contribution in [1.82, 2.24) is 9.88 Å². The van der Waals surface area contributed by atoms with E-state index in [4.69, 9.17) is 5.11 Å². The number of aryl methyl sites for hydroxylation is 1. The molecule has 0 saturated carbocycles. The van der Waals surface area contributed by atoms with E-state index in [0.717, 1.165) is 50.2 Å². The summed E-state index contributed by atoms with van der Waals surface area (Å²) >= 11 is 0. The Bertz CT molecular complexity index is 697. The van der Waals surface area contributed by atoms with E-state index < -0.39 is 5.97 Å². The Hall–Kier alpha value is -2.20. The van der Waals surface area contributed by atoms with Gasteiger partial charge in [0.15, 0.2) is 0 Å². The van der Waals surface area contributed by atoms with Gasteiger partial charge in [-0.25, -0.2) is 4.79 Å². The molecule has 4 nitrogen and oxygen atoms in total. The zero-order chi connectivity index (χ0) is 16.9. The molecule has 126 valence electrons. The number of aromatic carboxylic acids is 1. The smallest absolute Gasteiger partial charge is 0.335 e. The minimum absolute atomic E-state index is 0.377. The fourth-order valence-corrected chi connectivity index (χ4v) is 3.37. The van der Waals surface area contributed by atoms with E-state index >= 15 is 0 Å². The summed E-state index contributed by atoms with van der Waals surface area (Å²) in [7, 11) is 0. The Morgan fingerprint density at radius 1 is 1.29 bits per heavy atom. The molecular formula is C20H24N2O2. The van der Waals surface area contributed by atoms with Gasteiger partial charge < -0.3 is 5.11 Å². The van der Waals surface area contributed by atoms with Crippen molar-refractivity contribution >= 4 is 5.97 Å². The highest BCUT2D eigenvalue weighted by Crippen LogP contribution is 2.22. The number of hydrogen-bond donors (Lipinski definition) is 1. The summed E-state index contributed by atoms with van der Waals surface area (Å²) in [5, 5.41) is 9.10. The van der Waals surface area contributed by atoms with Crippen molar-refractivity contribution in [3.63, 3.8) is 0 Å². The van der Waals surface area contributed by atoms with Crippen LogP contribution >= 0.6 is 0 Å². The van der Waals surface area contributed by atoms with E-state index in [9.17, 15) is 4.79 Å². The van der Waals surface area contributed by atoms with Crippen LogP contribution in [0.25, 0.3) is 0 Å². The van der Waals surface area contributed by atoms with Gasteiger partial charge in [-0.3, -0.25) is 9.88 Å². The molecule has 1 N–H and O–H groups in total. The molecular weight excluding hydrogens is 300 g/mol. The summed E-state index contributed by atoms with van der Waals surface area (Å²) in [4.78, 5) is 18.1. The Morgan fingerprint density at radius 2 is 2.17 bits per heavy atom. The maximum Gasteiger partial charge on any atom is 0.335 e. The average Bonchev–Trinajstić information content (AvgIpc) is 3.02. The standard InChI is InChI=1S/C20H24N2O2/c1-2-15-6-7-19(21-12-15)14-22-9-8-17(13-22)10-16-4-3-5-18(11-16)20(23)24/h3-7,11-12,17H,2,8-10,13-14H2,1H3,(H,23,24)/t17-/m1/s1. The molecule has 1 aromatic heterocycles. The second kappa shape index (κ2) is 7.58. The van der Waals surface area contributed by atoms with Gasteiger partial charge in [0, 0.05) is 19.3 Å². The topological polar surface area (TPSA) is 53.4 Å². The van der Waals surface area contributed by atoms with Crippen molar-refractivity contribution in [3.05, 3.63) is 65.0 Å². The van der Waals surface area contributed by atoms with E-state index in [1.807, 2.05) is 18.3 Å². The lowest BCUT2D eigenvalue weighted by atomic mass is 9.97. The van der Waals surface area contributed by atoms with E-state index in [1.165, 1.54) is 5.56 Å². The van der Waals surface area contributed by atoms with Gasteiger partial charge in [-0.1, -0.05) is 25.1 Å². The number of benzene rings is 1. The fourth-order valence-electron chi connectivity index (χ4n) is 3.37. The Labute approximate surface area is 143 Å². The predicted molar refractivity (Wildman–Crippen MR) is 94.1 cm³/mol. The first kappa shape index (κ1) is 16.7. The van der Waals surface area contributed by atoms with Gasteiger partial charge in [-0.2, -0.15) is 0 Å². The molecule has 4 heteroatoms. The first-order valence-electron chi connectivity index (χ1n) is 8.62. The zero-order valence-corrected chi connectivity index (χ0v) is 14.1. The summed E-state index contributed by atoms with van der Waals surface area (Å²) in [6.07, 6.45) is 5.10. The van der Waals surface area contributed by atoms with Gasteiger partial charge in [0.05, 0.1) is 11.3 Å². The zero-order valence-electron chi connectivity index (χ0n) is 14.1. The molecule has 3 rings (SSSR count). The largest absolute Gasteiger partial charge is 0.478 e. The molecule has 1 saturated heterocycles. The van der Waals surface area contributed by atoms with Crippen LogP contribution in [0.4, 0.5) is 0 Å². The van der Waals surface area contributed by atoms with Crippen molar-refractivity contribution in [2.24, 2.45) is 5.92 Å². The van der Waals surface area contributed by atoms with E-state index in [2.05, 4.69) is 28.9 Å². The molecule has 1 aromatic carbocycles. The van der Waals surface area contributed by atoms with Crippen LogP contribution in [0.3, 0.4) is 0 Å². The third-order valence-electron chi connectivity index (χ3n) is 4.75.